The number of aryl methyl sites for hydroxylation is 1. The Kier molecular flexibility index (Phi) is 14.7. The second-order valence-corrected chi connectivity index (χ2v) is 15.0. The molecular weight excluding hydrogens is 769 g/mol. The van der Waals surface area contributed by atoms with Gasteiger partial charge >= 0.3 is 11.9 Å². The Morgan fingerprint density at radius 3 is 2.39 bits per heavy atom. The number of hydrogen-bond donors (Lipinski definition) is 1. The summed E-state index contributed by atoms with van der Waals surface area (Å²) in [6.45, 7) is 3.81. The Morgan fingerprint density at radius 1 is 0.912 bits per heavy atom. The fourth-order valence-corrected chi connectivity index (χ4v) is 8.27. The van der Waals surface area contributed by atoms with Crippen LogP contribution in [0.2, 0.25) is 0 Å². The van der Waals surface area contributed by atoms with Crippen LogP contribution in [0.15, 0.2) is 72.8 Å². The third-order valence-corrected chi connectivity index (χ3v) is 10.9. The summed E-state index contributed by atoms with van der Waals surface area (Å²) in [6.07, 6.45) is 1.87. The van der Waals surface area contributed by atoms with Crippen molar-refractivity contribution in [2.24, 2.45) is 0 Å². The number of para-hydroxylation sites is 2. The number of benzene rings is 3. The smallest absolute Gasteiger partial charge is 0.328 e. The monoisotopic (exact) mass is 819 g/mol. The maximum atomic E-state index is 13.6. The highest BCUT2D eigenvalue weighted by atomic mass is 35.5. The van der Waals surface area contributed by atoms with Crippen LogP contribution >= 0.6 is 23.2 Å². The Hall–Kier alpha value is -4.78. The fourth-order valence-electron chi connectivity index (χ4n) is 7.87. The van der Waals surface area contributed by atoms with Crippen molar-refractivity contribution in [2.45, 2.75) is 57.3 Å². The standard InChI is InChI=1S/C43H51Cl2N5O7/c1-47-36-11-5-4-10-34(36)42(53)50-23-19-33-32-9-3-6-12-37(32)49(40(33)41(47)50)22-7-26-56-27-8-28-57-39(52)18-17-38(51)46-35(43(54)55-2)29-30-13-15-31(16-14-30)48(24-20-44)25-21-45/h3-6,9-16,35,41H,7-8,17-29H2,1-2H3,(H,46,51)/t35-,41?/m0/s1. The minimum atomic E-state index is -0.907. The highest BCUT2D eigenvalue weighted by molar-refractivity contribution is 6.18. The number of hydrogen-bond acceptors (Lipinski definition) is 9. The van der Waals surface area contributed by atoms with E-state index in [2.05, 4.69) is 51.0 Å². The van der Waals surface area contributed by atoms with Gasteiger partial charge in [0, 0.05) is 94.1 Å². The van der Waals surface area contributed by atoms with E-state index in [1.54, 1.807) is 0 Å². The summed E-state index contributed by atoms with van der Waals surface area (Å²) in [5, 5.41) is 3.92. The van der Waals surface area contributed by atoms with E-state index in [1.165, 1.54) is 18.1 Å². The molecule has 4 aromatic rings. The summed E-state index contributed by atoms with van der Waals surface area (Å²) in [6, 6.07) is 23.0. The molecule has 304 valence electrons. The number of carbonyl (C=O) groups excluding carboxylic acids is 4. The lowest BCUT2D eigenvalue weighted by Gasteiger charge is -2.46. The van der Waals surface area contributed by atoms with E-state index in [0.717, 1.165) is 53.1 Å². The Morgan fingerprint density at radius 2 is 1.63 bits per heavy atom. The number of alkyl halides is 2. The van der Waals surface area contributed by atoms with Crippen LogP contribution in [0.5, 0.6) is 0 Å². The zero-order valence-electron chi connectivity index (χ0n) is 32.6. The molecule has 0 saturated heterocycles. The van der Waals surface area contributed by atoms with Crippen LogP contribution in [0.1, 0.15) is 59.0 Å². The molecule has 3 heterocycles. The van der Waals surface area contributed by atoms with E-state index in [9.17, 15) is 19.2 Å². The minimum absolute atomic E-state index is 0.0684. The molecule has 12 nitrogen and oxygen atoms in total. The summed E-state index contributed by atoms with van der Waals surface area (Å²) in [5.74, 6) is -0.525. The van der Waals surface area contributed by atoms with Crippen LogP contribution in [0.25, 0.3) is 10.9 Å². The van der Waals surface area contributed by atoms with E-state index in [1.807, 2.05) is 53.4 Å². The molecule has 6 rings (SSSR count). The highest BCUT2D eigenvalue weighted by Crippen LogP contribution is 2.44. The number of anilines is 2. The molecule has 1 aromatic heterocycles. The van der Waals surface area contributed by atoms with Gasteiger partial charge in [0.05, 0.1) is 37.1 Å². The van der Waals surface area contributed by atoms with Gasteiger partial charge in [-0.25, -0.2) is 4.79 Å². The third kappa shape index (κ3) is 9.85. The number of rotatable bonds is 20. The number of esters is 2. The zero-order valence-corrected chi connectivity index (χ0v) is 34.1. The van der Waals surface area contributed by atoms with Gasteiger partial charge < -0.3 is 38.8 Å². The van der Waals surface area contributed by atoms with Crippen molar-refractivity contribution in [3.8, 4) is 0 Å². The maximum Gasteiger partial charge on any atom is 0.328 e. The molecule has 0 saturated carbocycles. The molecule has 57 heavy (non-hydrogen) atoms. The number of carbonyl (C=O) groups is 4. The summed E-state index contributed by atoms with van der Waals surface area (Å²) < 4.78 is 18.5. The second kappa shape index (κ2) is 20.1. The van der Waals surface area contributed by atoms with Gasteiger partial charge in [-0.05, 0) is 54.3 Å². The van der Waals surface area contributed by atoms with E-state index < -0.39 is 23.9 Å². The van der Waals surface area contributed by atoms with Crippen molar-refractivity contribution < 1.29 is 33.4 Å². The third-order valence-electron chi connectivity index (χ3n) is 10.6. The Labute approximate surface area is 343 Å². The van der Waals surface area contributed by atoms with Crippen LogP contribution in [0.3, 0.4) is 0 Å². The predicted molar refractivity (Wildman–Crippen MR) is 222 cm³/mol. The van der Waals surface area contributed by atoms with Crippen LogP contribution in [0.4, 0.5) is 11.4 Å². The number of fused-ring (bicyclic) bond motifs is 6. The molecule has 0 fully saturated rings. The predicted octanol–water partition coefficient (Wildman–Crippen LogP) is 6.09. The van der Waals surface area contributed by atoms with Gasteiger partial charge in [0.25, 0.3) is 5.91 Å². The quantitative estimate of drug-likeness (QED) is 0.0642. The minimum Gasteiger partial charge on any atom is -0.467 e. The maximum absolute atomic E-state index is 13.6. The first-order valence-corrected chi connectivity index (χ1v) is 20.6. The SMILES string of the molecule is COC(=O)[C@H](Cc1ccc(N(CCCl)CCCl)cc1)NC(=O)CCC(=O)OCCCOCCCn1c2c(c3ccccc31)CCN1C(=O)c3ccccc3N(C)C21. The van der Waals surface area contributed by atoms with Crippen molar-refractivity contribution in [1.29, 1.82) is 0 Å². The summed E-state index contributed by atoms with van der Waals surface area (Å²) in [4.78, 5) is 57.5. The van der Waals surface area contributed by atoms with Crippen LogP contribution in [0, 0.1) is 0 Å². The van der Waals surface area contributed by atoms with Crippen molar-refractivity contribution in [1.82, 2.24) is 14.8 Å². The number of ether oxygens (including phenoxy) is 3. The van der Waals surface area contributed by atoms with E-state index in [-0.39, 0.29) is 37.9 Å². The molecule has 1 unspecified atom stereocenters. The van der Waals surface area contributed by atoms with Crippen molar-refractivity contribution >= 4 is 69.2 Å². The van der Waals surface area contributed by atoms with Gasteiger partial charge in [-0.1, -0.05) is 42.5 Å². The molecular formula is C43H51Cl2N5O7. The molecule has 14 heteroatoms. The summed E-state index contributed by atoms with van der Waals surface area (Å²) in [7, 11) is 3.33. The van der Waals surface area contributed by atoms with Gasteiger partial charge in [-0.2, -0.15) is 0 Å². The second-order valence-electron chi connectivity index (χ2n) is 14.2. The Bertz CT molecular complexity index is 2020. The molecule has 0 bridgehead atoms. The number of nitrogens with one attached hydrogen (secondary N) is 1. The average molecular weight is 821 g/mol. The Balaban J connectivity index is 0.921. The number of nitrogens with zero attached hydrogens (tertiary/aromatic N) is 4. The number of aromatic nitrogens is 1. The molecule has 2 amide bonds. The molecule has 0 radical (unpaired) electrons. The first kappa shape index (κ1) is 41.8. The van der Waals surface area contributed by atoms with E-state index in [4.69, 9.17) is 37.4 Å². The molecule has 2 aliphatic heterocycles. The largest absolute Gasteiger partial charge is 0.467 e. The average Bonchev–Trinajstić information content (AvgIpc) is 3.55. The molecule has 3 aromatic carbocycles. The fraction of sp³-hybridized carbons (Fsp3) is 0.442. The zero-order chi connectivity index (χ0) is 40.3. The topological polar surface area (TPSA) is 123 Å². The lowest BCUT2D eigenvalue weighted by Crippen LogP contribution is -2.51. The lowest BCUT2D eigenvalue weighted by atomic mass is 9.96. The van der Waals surface area contributed by atoms with Gasteiger partial charge in [0.15, 0.2) is 0 Å². The van der Waals surface area contributed by atoms with E-state index >= 15 is 0 Å². The van der Waals surface area contributed by atoms with Gasteiger partial charge in [-0.3, -0.25) is 14.4 Å². The number of methoxy groups -OCH3 is 1. The lowest BCUT2D eigenvalue weighted by molar-refractivity contribution is -0.146. The van der Waals surface area contributed by atoms with Crippen molar-refractivity contribution in [3.63, 3.8) is 0 Å². The van der Waals surface area contributed by atoms with Gasteiger partial charge in [0.1, 0.15) is 12.2 Å². The van der Waals surface area contributed by atoms with Crippen molar-refractivity contribution in [3.05, 3.63) is 95.2 Å². The summed E-state index contributed by atoms with van der Waals surface area (Å²) >= 11 is 11.9. The number of halogens is 2. The number of amides is 2. The van der Waals surface area contributed by atoms with Crippen molar-refractivity contribution in [2.75, 3.05) is 75.2 Å². The van der Waals surface area contributed by atoms with Crippen LogP contribution in [-0.4, -0.2) is 105 Å². The first-order valence-electron chi connectivity index (χ1n) is 19.5. The summed E-state index contributed by atoms with van der Waals surface area (Å²) in [5.41, 5.74) is 7.08. The molecule has 0 aliphatic carbocycles. The molecule has 0 spiro atoms. The van der Waals surface area contributed by atoms with Crippen LogP contribution < -0.4 is 15.1 Å². The van der Waals surface area contributed by atoms with E-state index in [0.29, 0.717) is 51.0 Å². The van der Waals surface area contributed by atoms with Gasteiger partial charge in [-0.15, -0.1) is 23.2 Å². The normalized spacial score (nSPS) is 15.1. The van der Waals surface area contributed by atoms with Crippen LogP contribution in [-0.2, 0) is 48.0 Å². The first-order chi connectivity index (χ1) is 27.7. The van der Waals surface area contributed by atoms with Gasteiger partial charge in [0.2, 0.25) is 5.91 Å². The molecule has 1 N–H and O–H groups in total. The molecule has 2 aliphatic rings. The molecule has 2 atom stereocenters. The highest BCUT2D eigenvalue weighted by Gasteiger charge is 2.42.